The van der Waals surface area contributed by atoms with Crippen molar-refractivity contribution >= 4 is 17.9 Å². The van der Waals surface area contributed by atoms with Crippen molar-refractivity contribution in [1.29, 1.82) is 0 Å². The van der Waals surface area contributed by atoms with Gasteiger partial charge in [-0.15, -0.1) is 0 Å². The quantitative estimate of drug-likeness (QED) is 0.459. The van der Waals surface area contributed by atoms with Crippen LogP contribution < -0.4 is 24.8 Å². The number of amides is 2. The summed E-state index contributed by atoms with van der Waals surface area (Å²) in [6.45, 7) is 0.349. The van der Waals surface area contributed by atoms with Crippen molar-refractivity contribution in [2.75, 3.05) is 27.9 Å². The molecule has 3 aromatic rings. The molecule has 0 aliphatic carbocycles. The van der Waals surface area contributed by atoms with Crippen molar-refractivity contribution in [3.63, 3.8) is 0 Å². The molecule has 1 heterocycles. The molecule has 0 radical (unpaired) electrons. The van der Waals surface area contributed by atoms with Gasteiger partial charge in [0.25, 0.3) is 11.8 Å². The van der Waals surface area contributed by atoms with E-state index in [1.165, 1.54) is 12.3 Å². The fourth-order valence-corrected chi connectivity index (χ4v) is 3.06. The lowest BCUT2D eigenvalue weighted by atomic mass is 10.1. The molecule has 0 atom stereocenters. The molecule has 2 N–H and O–H groups in total. The third-order valence-electron chi connectivity index (χ3n) is 4.82. The van der Waals surface area contributed by atoms with Crippen molar-refractivity contribution in [1.82, 2.24) is 10.6 Å². The Morgan fingerprint density at radius 1 is 0.939 bits per heavy atom. The third-order valence-corrected chi connectivity index (χ3v) is 4.82. The number of hydrogen-bond acceptors (Lipinski definition) is 6. The van der Waals surface area contributed by atoms with E-state index < -0.39 is 11.8 Å². The van der Waals surface area contributed by atoms with Gasteiger partial charge in [0.05, 0.1) is 27.6 Å². The van der Waals surface area contributed by atoms with Crippen LogP contribution in [0.15, 0.2) is 71.0 Å². The van der Waals surface area contributed by atoms with Crippen molar-refractivity contribution in [2.24, 2.45) is 0 Å². The highest BCUT2D eigenvalue weighted by atomic mass is 16.5. The van der Waals surface area contributed by atoms with Crippen molar-refractivity contribution in [3.05, 3.63) is 83.4 Å². The maximum Gasteiger partial charge on any atom is 0.267 e. The van der Waals surface area contributed by atoms with Crippen LogP contribution in [-0.4, -0.2) is 39.7 Å². The highest BCUT2D eigenvalue weighted by molar-refractivity contribution is 6.05. The van der Waals surface area contributed by atoms with E-state index in [2.05, 4.69) is 10.6 Å². The van der Waals surface area contributed by atoms with Gasteiger partial charge >= 0.3 is 0 Å². The Bertz CT molecular complexity index is 1100. The van der Waals surface area contributed by atoms with Crippen LogP contribution in [0.4, 0.5) is 0 Å². The average Bonchev–Trinajstić information content (AvgIpc) is 3.36. The number of rotatable bonds is 10. The number of carbonyl (C=O) groups is 2. The van der Waals surface area contributed by atoms with Gasteiger partial charge < -0.3 is 29.3 Å². The summed E-state index contributed by atoms with van der Waals surface area (Å²) in [4.78, 5) is 25.5. The first-order valence-corrected chi connectivity index (χ1v) is 10.2. The monoisotopic (exact) mass is 450 g/mol. The van der Waals surface area contributed by atoms with E-state index in [0.29, 0.717) is 41.5 Å². The zero-order chi connectivity index (χ0) is 23.6. The molecule has 0 saturated carbocycles. The van der Waals surface area contributed by atoms with E-state index in [4.69, 9.17) is 18.6 Å². The highest BCUT2D eigenvalue weighted by Crippen LogP contribution is 2.27. The van der Waals surface area contributed by atoms with Gasteiger partial charge in [-0.05, 0) is 60.5 Å². The van der Waals surface area contributed by atoms with E-state index in [0.717, 1.165) is 5.56 Å². The van der Waals surface area contributed by atoms with E-state index in [1.807, 2.05) is 18.2 Å². The Kier molecular flexibility index (Phi) is 8.13. The second kappa shape index (κ2) is 11.4. The van der Waals surface area contributed by atoms with Gasteiger partial charge in [0.2, 0.25) is 0 Å². The van der Waals surface area contributed by atoms with Crippen LogP contribution in [0.25, 0.3) is 6.08 Å². The van der Waals surface area contributed by atoms with Crippen LogP contribution in [-0.2, 0) is 11.2 Å². The highest BCUT2D eigenvalue weighted by Gasteiger charge is 2.15. The molecule has 8 nitrogen and oxygen atoms in total. The second-order valence-corrected chi connectivity index (χ2v) is 6.95. The minimum Gasteiger partial charge on any atom is -0.497 e. The Labute approximate surface area is 192 Å². The molecular formula is C25H26N2O6. The molecule has 172 valence electrons. The van der Waals surface area contributed by atoms with Gasteiger partial charge in [-0.1, -0.05) is 6.07 Å². The zero-order valence-electron chi connectivity index (χ0n) is 18.7. The van der Waals surface area contributed by atoms with Gasteiger partial charge in [-0.2, -0.15) is 0 Å². The molecule has 2 amide bonds. The number of hydrogen-bond donors (Lipinski definition) is 2. The van der Waals surface area contributed by atoms with Gasteiger partial charge in [-0.3, -0.25) is 9.59 Å². The van der Waals surface area contributed by atoms with Crippen molar-refractivity contribution in [3.8, 4) is 17.2 Å². The molecule has 0 aliphatic rings. The van der Waals surface area contributed by atoms with Gasteiger partial charge in [-0.25, -0.2) is 0 Å². The zero-order valence-corrected chi connectivity index (χ0v) is 18.7. The van der Waals surface area contributed by atoms with E-state index in [-0.39, 0.29) is 5.70 Å². The smallest absolute Gasteiger partial charge is 0.267 e. The molecule has 8 heteroatoms. The summed E-state index contributed by atoms with van der Waals surface area (Å²) < 4.78 is 21.0. The maximum absolute atomic E-state index is 12.8. The lowest BCUT2D eigenvalue weighted by molar-refractivity contribution is -0.117. The summed E-state index contributed by atoms with van der Waals surface area (Å²) >= 11 is 0. The predicted molar refractivity (Wildman–Crippen MR) is 123 cm³/mol. The molecule has 0 unspecified atom stereocenters. The molecule has 0 bridgehead atoms. The van der Waals surface area contributed by atoms with E-state index >= 15 is 0 Å². The maximum atomic E-state index is 12.8. The van der Waals surface area contributed by atoms with Crippen LogP contribution >= 0.6 is 0 Å². The molecule has 3 rings (SSSR count). The van der Waals surface area contributed by atoms with Gasteiger partial charge in [0.1, 0.15) is 17.2 Å². The topological polar surface area (TPSA) is 99.0 Å². The number of carbonyl (C=O) groups excluding carboxylic acids is 2. The number of benzene rings is 2. The number of ether oxygens (including phenoxy) is 3. The van der Waals surface area contributed by atoms with Gasteiger partial charge in [0.15, 0.2) is 11.5 Å². The fraction of sp³-hybridized carbons (Fsp3) is 0.200. The molecule has 0 saturated heterocycles. The van der Waals surface area contributed by atoms with Gasteiger partial charge in [0, 0.05) is 18.2 Å². The summed E-state index contributed by atoms with van der Waals surface area (Å²) in [6.07, 6.45) is 3.53. The number of nitrogens with one attached hydrogen (secondary N) is 2. The second-order valence-electron chi connectivity index (χ2n) is 6.95. The Balaban J connectivity index is 1.67. The minimum atomic E-state index is -0.436. The number of furan rings is 1. The molecule has 1 aromatic heterocycles. The summed E-state index contributed by atoms with van der Waals surface area (Å²) in [5, 5.41) is 5.49. The van der Waals surface area contributed by atoms with Crippen LogP contribution in [0, 0.1) is 0 Å². The first-order chi connectivity index (χ1) is 16.0. The first kappa shape index (κ1) is 23.5. The normalized spacial score (nSPS) is 10.9. The summed E-state index contributed by atoms with van der Waals surface area (Å²) in [7, 11) is 4.69. The standard InChI is InChI=1S/C25H26N2O6/c1-30-19-9-7-18(8-10-19)24(28)27-21(16-20-5-4-14-33-20)25(29)26-13-12-17-6-11-22(31-2)23(15-17)32-3/h4-11,14-16H,12-13H2,1-3H3,(H,26,29)(H,27,28). The molecule has 0 fully saturated rings. The Hall–Kier alpha value is -4.20. The third kappa shape index (κ3) is 6.39. The molecular weight excluding hydrogens is 424 g/mol. The van der Waals surface area contributed by atoms with Crippen LogP contribution in [0.3, 0.4) is 0 Å². The lowest BCUT2D eigenvalue weighted by Crippen LogP contribution is -2.35. The Morgan fingerprint density at radius 2 is 1.70 bits per heavy atom. The van der Waals surface area contributed by atoms with Crippen molar-refractivity contribution < 1.29 is 28.2 Å². The summed E-state index contributed by atoms with van der Waals surface area (Å²) in [5.41, 5.74) is 1.42. The fourth-order valence-electron chi connectivity index (χ4n) is 3.06. The van der Waals surface area contributed by atoms with Crippen molar-refractivity contribution in [2.45, 2.75) is 6.42 Å². The number of methoxy groups -OCH3 is 3. The predicted octanol–water partition coefficient (Wildman–Crippen LogP) is 3.44. The summed E-state index contributed by atoms with van der Waals surface area (Å²) in [5.74, 6) is 1.46. The largest absolute Gasteiger partial charge is 0.497 e. The van der Waals surface area contributed by atoms with Crippen LogP contribution in [0.1, 0.15) is 21.7 Å². The summed E-state index contributed by atoms with van der Waals surface area (Å²) in [6, 6.07) is 15.5. The van der Waals surface area contributed by atoms with Crippen LogP contribution in [0.2, 0.25) is 0 Å². The molecule has 0 aliphatic heterocycles. The molecule has 0 spiro atoms. The van der Waals surface area contributed by atoms with E-state index in [1.54, 1.807) is 57.7 Å². The van der Waals surface area contributed by atoms with E-state index in [9.17, 15) is 9.59 Å². The molecule has 33 heavy (non-hydrogen) atoms. The lowest BCUT2D eigenvalue weighted by Gasteiger charge is -2.12. The molecule has 2 aromatic carbocycles. The van der Waals surface area contributed by atoms with Crippen LogP contribution in [0.5, 0.6) is 17.2 Å². The SMILES string of the molecule is COc1ccc(C(=O)NC(=Cc2ccco2)C(=O)NCCc2ccc(OC)c(OC)c2)cc1. The average molecular weight is 450 g/mol. The Morgan fingerprint density at radius 3 is 2.33 bits per heavy atom. The minimum absolute atomic E-state index is 0.0677. The first-order valence-electron chi connectivity index (χ1n) is 10.2.